The van der Waals surface area contributed by atoms with Gasteiger partial charge >= 0.3 is 11.9 Å². The van der Waals surface area contributed by atoms with E-state index in [-0.39, 0.29) is 24.1 Å². The van der Waals surface area contributed by atoms with Crippen molar-refractivity contribution in [3.8, 4) is 0 Å². The van der Waals surface area contributed by atoms with Crippen LogP contribution in [0.1, 0.15) is 220 Å². The molecule has 2 unspecified atom stereocenters. The molecule has 0 fully saturated rings. The Morgan fingerprint density at radius 1 is 0.357 bits per heavy atom. The lowest BCUT2D eigenvalue weighted by Gasteiger charge is -2.27. The second-order valence-electron chi connectivity index (χ2n) is 12.9. The first-order valence-corrected chi connectivity index (χ1v) is 19.0. The van der Waals surface area contributed by atoms with Crippen LogP contribution in [0, 0.1) is 0 Å². The van der Waals surface area contributed by atoms with E-state index in [1.165, 1.54) is 116 Å². The van der Waals surface area contributed by atoms with Crippen molar-refractivity contribution in [1.29, 1.82) is 0 Å². The molecule has 0 aliphatic carbocycles. The maximum atomic E-state index is 13.0. The Labute approximate surface area is 263 Å². The highest BCUT2D eigenvalue weighted by Gasteiger charge is 2.28. The predicted octanol–water partition coefficient (Wildman–Crippen LogP) is 12.6. The topological polar surface area (TPSA) is 52.6 Å². The van der Waals surface area contributed by atoms with E-state index in [4.69, 9.17) is 9.47 Å². The molecule has 0 bridgehead atoms. The van der Waals surface area contributed by atoms with Gasteiger partial charge in [-0.3, -0.25) is 9.59 Å². The highest BCUT2D eigenvalue weighted by atomic mass is 16.6. The summed E-state index contributed by atoms with van der Waals surface area (Å²) < 4.78 is 12.3. The number of esters is 2. The first kappa shape index (κ1) is 40.9. The monoisotopic (exact) mass is 595 g/mol. The zero-order chi connectivity index (χ0) is 30.9. The number of carbonyl (C=O) groups excluding carboxylic acids is 2. The summed E-state index contributed by atoms with van der Waals surface area (Å²) in [5.41, 5.74) is 0. The third-order valence-electron chi connectivity index (χ3n) is 8.63. The zero-order valence-corrected chi connectivity index (χ0v) is 29.0. The molecule has 0 spiro atoms. The van der Waals surface area contributed by atoms with Crippen molar-refractivity contribution in [2.45, 2.75) is 233 Å². The molecular weight excluding hydrogens is 520 g/mol. The van der Waals surface area contributed by atoms with Crippen molar-refractivity contribution in [2.24, 2.45) is 0 Å². The van der Waals surface area contributed by atoms with Gasteiger partial charge in [-0.05, 0) is 38.5 Å². The van der Waals surface area contributed by atoms with Crippen LogP contribution in [0.4, 0.5) is 0 Å². The Hall–Kier alpha value is -1.06. The van der Waals surface area contributed by atoms with Gasteiger partial charge in [0, 0.05) is 12.8 Å². The number of hydrogen-bond donors (Lipinski definition) is 0. The molecule has 0 saturated carbocycles. The third-order valence-corrected chi connectivity index (χ3v) is 8.63. The van der Waals surface area contributed by atoms with Crippen LogP contribution in [0.15, 0.2) is 0 Å². The fourth-order valence-corrected chi connectivity index (χ4v) is 5.80. The lowest BCUT2D eigenvalue weighted by atomic mass is 9.99. The quantitative estimate of drug-likeness (QED) is 0.0560. The van der Waals surface area contributed by atoms with Crippen molar-refractivity contribution in [2.75, 3.05) is 0 Å². The first-order chi connectivity index (χ1) is 20.6. The van der Waals surface area contributed by atoms with Gasteiger partial charge in [0.05, 0.1) is 0 Å². The molecule has 0 saturated heterocycles. The maximum absolute atomic E-state index is 13.0. The van der Waals surface area contributed by atoms with Crippen LogP contribution in [0.2, 0.25) is 0 Å². The normalized spacial score (nSPS) is 12.8. The Morgan fingerprint density at radius 2 is 0.595 bits per heavy atom. The van der Waals surface area contributed by atoms with E-state index in [2.05, 4.69) is 27.7 Å². The van der Waals surface area contributed by atoms with Crippen LogP contribution >= 0.6 is 0 Å². The second kappa shape index (κ2) is 32.8. The highest BCUT2D eigenvalue weighted by molar-refractivity contribution is 5.70. The molecule has 0 amide bonds. The van der Waals surface area contributed by atoms with Gasteiger partial charge in [-0.15, -0.1) is 0 Å². The minimum absolute atomic E-state index is 0.101. The maximum Gasteiger partial charge on any atom is 0.306 e. The van der Waals surface area contributed by atoms with Crippen LogP contribution in [0.5, 0.6) is 0 Å². The molecule has 4 nitrogen and oxygen atoms in total. The fourth-order valence-electron chi connectivity index (χ4n) is 5.80. The summed E-state index contributed by atoms with van der Waals surface area (Å²) in [5.74, 6) is -0.203. The van der Waals surface area contributed by atoms with Crippen molar-refractivity contribution < 1.29 is 19.1 Å². The lowest BCUT2D eigenvalue weighted by molar-refractivity contribution is -0.169. The van der Waals surface area contributed by atoms with Gasteiger partial charge < -0.3 is 9.47 Å². The van der Waals surface area contributed by atoms with Crippen molar-refractivity contribution >= 4 is 11.9 Å². The van der Waals surface area contributed by atoms with Gasteiger partial charge in [0.1, 0.15) is 12.2 Å². The molecule has 0 aromatic carbocycles. The minimum Gasteiger partial charge on any atom is -0.458 e. The van der Waals surface area contributed by atoms with Gasteiger partial charge in [0.2, 0.25) is 0 Å². The number of carbonyl (C=O) groups is 2. The standard InChI is InChI=1S/C38H74O4/c1-5-9-13-17-21-25-29-33-37(39)41-35(31-27-23-19-15-11-7-3)36(32-28-24-20-16-12-8-4)42-38(40)34-30-26-22-18-14-10-6-2/h35-36H,5-34H2,1-4H3. The van der Waals surface area contributed by atoms with E-state index in [1.54, 1.807) is 0 Å². The number of unbranched alkanes of at least 4 members (excludes halogenated alkanes) is 22. The number of rotatable bonds is 33. The fraction of sp³-hybridized carbons (Fsp3) is 0.947. The molecule has 4 heteroatoms. The average molecular weight is 595 g/mol. The smallest absolute Gasteiger partial charge is 0.306 e. The Morgan fingerprint density at radius 3 is 0.881 bits per heavy atom. The average Bonchev–Trinajstić information content (AvgIpc) is 2.98. The van der Waals surface area contributed by atoms with Crippen LogP contribution < -0.4 is 0 Å². The SMILES string of the molecule is CCCCCCCCCC(=O)OC(CCCCCCCC)C(CCCCCCCC)OC(=O)CCCCCCCCC. The molecule has 0 radical (unpaired) electrons. The molecule has 0 aliphatic heterocycles. The van der Waals surface area contributed by atoms with Crippen LogP contribution in [-0.4, -0.2) is 24.1 Å². The lowest BCUT2D eigenvalue weighted by Crippen LogP contribution is -2.35. The Bertz CT molecular complexity index is 525. The molecule has 0 aromatic rings. The summed E-state index contributed by atoms with van der Waals surface area (Å²) in [5, 5.41) is 0. The zero-order valence-electron chi connectivity index (χ0n) is 29.0. The summed E-state index contributed by atoms with van der Waals surface area (Å²) in [6.45, 7) is 8.97. The van der Waals surface area contributed by atoms with Gasteiger partial charge in [-0.2, -0.15) is 0 Å². The highest BCUT2D eigenvalue weighted by Crippen LogP contribution is 2.22. The summed E-state index contributed by atoms with van der Waals surface area (Å²) in [6, 6.07) is 0. The first-order valence-electron chi connectivity index (χ1n) is 19.0. The van der Waals surface area contributed by atoms with Crippen LogP contribution in [0.25, 0.3) is 0 Å². The molecule has 0 aliphatic rings. The van der Waals surface area contributed by atoms with Gasteiger partial charge in [0.25, 0.3) is 0 Å². The Balaban J connectivity index is 5.03. The van der Waals surface area contributed by atoms with Crippen molar-refractivity contribution in [1.82, 2.24) is 0 Å². The summed E-state index contributed by atoms with van der Waals surface area (Å²) in [7, 11) is 0. The molecule has 0 aromatic heterocycles. The predicted molar refractivity (Wildman–Crippen MR) is 181 cm³/mol. The summed E-state index contributed by atoms with van der Waals surface area (Å²) >= 11 is 0. The molecule has 250 valence electrons. The summed E-state index contributed by atoms with van der Waals surface area (Å²) in [6.07, 6.45) is 33.0. The second-order valence-corrected chi connectivity index (χ2v) is 12.9. The van der Waals surface area contributed by atoms with Crippen LogP contribution in [0.3, 0.4) is 0 Å². The van der Waals surface area contributed by atoms with Gasteiger partial charge in [0.15, 0.2) is 0 Å². The molecule has 42 heavy (non-hydrogen) atoms. The van der Waals surface area contributed by atoms with Gasteiger partial charge in [-0.25, -0.2) is 0 Å². The van der Waals surface area contributed by atoms with E-state index in [0.717, 1.165) is 64.2 Å². The van der Waals surface area contributed by atoms with Crippen molar-refractivity contribution in [3.63, 3.8) is 0 Å². The largest absolute Gasteiger partial charge is 0.458 e. The molecule has 2 atom stereocenters. The minimum atomic E-state index is -0.304. The summed E-state index contributed by atoms with van der Waals surface area (Å²) in [4.78, 5) is 25.9. The molecule has 0 rings (SSSR count). The Kier molecular flexibility index (Phi) is 32.0. The van der Waals surface area contributed by atoms with E-state index in [1.807, 2.05) is 0 Å². The van der Waals surface area contributed by atoms with E-state index in [0.29, 0.717) is 12.8 Å². The van der Waals surface area contributed by atoms with E-state index < -0.39 is 0 Å². The van der Waals surface area contributed by atoms with Crippen molar-refractivity contribution in [3.05, 3.63) is 0 Å². The molecular formula is C38H74O4. The number of ether oxygens (including phenoxy) is 2. The molecule has 0 N–H and O–H groups in total. The third kappa shape index (κ3) is 27.8. The van der Waals surface area contributed by atoms with Gasteiger partial charge in [-0.1, -0.05) is 169 Å². The van der Waals surface area contributed by atoms with Crippen LogP contribution in [-0.2, 0) is 19.1 Å². The number of hydrogen-bond acceptors (Lipinski definition) is 4. The molecule has 0 heterocycles. The van der Waals surface area contributed by atoms with E-state index in [9.17, 15) is 9.59 Å². The van der Waals surface area contributed by atoms with E-state index >= 15 is 0 Å².